The predicted molar refractivity (Wildman–Crippen MR) is 110 cm³/mol. The summed E-state index contributed by atoms with van der Waals surface area (Å²) in [7, 11) is -3.74. The summed E-state index contributed by atoms with van der Waals surface area (Å²) in [5, 5.41) is 11.7. The fraction of sp³-hybridized carbons (Fsp3) is 0.235. The minimum Gasteiger partial charge on any atom is -0.304 e. The van der Waals surface area contributed by atoms with Crippen LogP contribution in [-0.4, -0.2) is 22.6 Å². The molecule has 0 saturated heterocycles. The summed E-state index contributed by atoms with van der Waals surface area (Å²) in [6.07, 6.45) is 0. The molecule has 2 aromatic heterocycles. The Morgan fingerprint density at radius 3 is 2.50 bits per heavy atom. The van der Waals surface area contributed by atoms with Crippen LogP contribution in [0.25, 0.3) is 16.2 Å². The third kappa shape index (κ3) is 3.62. The topological polar surface area (TPSA) is 93.7 Å². The maximum atomic E-state index is 13.1. The van der Waals surface area contributed by atoms with Crippen LogP contribution >= 0.6 is 42.1 Å². The molecule has 11 heteroatoms. The lowest BCUT2D eigenvalue weighted by atomic mass is 10.1. The molecule has 0 bridgehead atoms. The summed E-state index contributed by atoms with van der Waals surface area (Å²) in [4.78, 5) is 17.7. The Morgan fingerprint density at radius 2 is 1.93 bits per heavy atom. The van der Waals surface area contributed by atoms with E-state index in [9.17, 15) is 14.6 Å². The van der Waals surface area contributed by atoms with Crippen LogP contribution < -0.4 is 11.0 Å². The van der Waals surface area contributed by atoms with Crippen molar-refractivity contribution in [2.45, 2.75) is 13.8 Å². The van der Waals surface area contributed by atoms with E-state index in [1.807, 2.05) is 6.07 Å². The summed E-state index contributed by atoms with van der Waals surface area (Å²) in [5.74, 6) is 0. The van der Waals surface area contributed by atoms with E-state index in [0.29, 0.717) is 10.6 Å². The number of hydrogen-bond donors (Lipinski definition) is 0. The second kappa shape index (κ2) is 8.34. The third-order valence-electron chi connectivity index (χ3n) is 3.73. The summed E-state index contributed by atoms with van der Waals surface area (Å²) in [5.41, 5.74) is -0.189. The summed E-state index contributed by atoms with van der Waals surface area (Å²) in [6, 6.07) is 6.59. The van der Waals surface area contributed by atoms with E-state index in [4.69, 9.17) is 32.2 Å². The van der Waals surface area contributed by atoms with Crippen molar-refractivity contribution in [3.63, 3.8) is 0 Å². The van der Waals surface area contributed by atoms with Crippen LogP contribution in [0.3, 0.4) is 0 Å². The van der Waals surface area contributed by atoms with Gasteiger partial charge < -0.3 is 9.05 Å². The van der Waals surface area contributed by atoms with Crippen molar-refractivity contribution in [1.82, 2.24) is 9.38 Å². The lowest BCUT2D eigenvalue weighted by Crippen LogP contribution is -2.28. The molecule has 0 aliphatic heterocycles. The van der Waals surface area contributed by atoms with Gasteiger partial charge in [0.15, 0.2) is 10.4 Å². The summed E-state index contributed by atoms with van der Waals surface area (Å²) >= 11 is 13.1. The molecule has 3 rings (SSSR count). The first-order valence-electron chi connectivity index (χ1n) is 8.15. The molecule has 0 radical (unpaired) electrons. The molecule has 0 amide bonds. The summed E-state index contributed by atoms with van der Waals surface area (Å²) in [6.45, 7) is 3.60. The zero-order valence-corrected chi connectivity index (χ0v) is 18.0. The second-order valence-electron chi connectivity index (χ2n) is 5.43. The Labute approximate surface area is 174 Å². The highest BCUT2D eigenvalue weighted by Crippen LogP contribution is 2.47. The minimum atomic E-state index is -3.74. The van der Waals surface area contributed by atoms with Crippen molar-refractivity contribution < 1.29 is 13.6 Å². The van der Waals surface area contributed by atoms with Crippen molar-refractivity contribution in [3.8, 4) is 17.3 Å². The van der Waals surface area contributed by atoms with Crippen molar-refractivity contribution >= 4 is 52.5 Å². The Balaban J connectivity index is 2.31. The van der Waals surface area contributed by atoms with Gasteiger partial charge in [0, 0.05) is 10.9 Å². The first-order chi connectivity index (χ1) is 13.4. The number of nitriles is 1. The van der Waals surface area contributed by atoms with Gasteiger partial charge in [-0.2, -0.15) is 5.26 Å². The number of rotatable bonds is 6. The molecule has 2 heterocycles. The van der Waals surface area contributed by atoms with Crippen LogP contribution in [0.1, 0.15) is 19.4 Å². The van der Waals surface area contributed by atoms with Crippen molar-refractivity contribution in [2.24, 2.45) is 0 Å². The Morgan fingerprint density at radius 1 is 1.25 bits per heavy atom. The highest BCUT2D eigenvalue weighted by Gasteiger charge is 2.32. The van der Waals surface area contributed by atoms with Gasteiger partial charge in [-0.05, 0) is 26.0 Å². The van der Waals surface area contributed by atoms with Crippen LogP contribution in [0, 0.1) is 11.3 Å². The number of fused-ring (bicyclic) bond motifs is 1. The number of benzene rings is 1. The first-order valence-corrected chi connectivity index (χ1v) is 11.3. The number of thiazole rings is 1. The number of nitrogens with zero attached hydrogens (tertiary/aromatic N) is 3. The fourth-order valence-electron chi connectivity index (χ4n) is 2.59. The minimum absolute atomic E-state index is 0.0471. The van der Waals surface area contributed by atoms with Crippen molar-refractivity contribution in [3.05, 3.63) is 49.5 Å². The average Bonchev–Trinajstić information content (AvgIpc) is 3.09. The molecule has 28 heavy (non-hydrogen) atoms. The van der Waals surface area contributed by atoms with E-state index in [0.717, 1.165) is 15.7 Å². The van der Waals surface area contributed by atoms with Gasteiger partial charge in [0.05, 0.1) is 29.0 Å². The third-order valence-corrected chi connectivity index (χ3v) is 7.56. The average molecular weight is 458 g/mol. The predicted octanol–water partition coefficient (Wildman–Crippen LogP) is 4.49. The molecule has 3 aromatic rings. The van der Waals surface area contributed by atoms with Gasteiger partial charge in [-0.1, -0.05) is 29.3 Å². The van der Waals surface area contributed by atoms with Gasteiger partial charge in [0.1, 0.15) is 11.6 Å². The Hall–Kier alpha value is -1.72. The monoisotopic (exact) mass is 457 g/mol. The van der Waals surface area contributed by atoms with Crippen LogP contribution in [0.5, 0.6) is 0 Å². The SMILES string of the molecule is CCOP(=O)(OCC)c1csc2nc(-c3ccc(Cl)c(Cl)c3)c(C#N)c(=O)n12. The smallest absolute Gasteiger partial charge is 0.304 e. The highest BCUT2D eigenvalue weighted by atomic mass is 35.5. The Kier molecular flexibility index (Phi) is 6.25. The van der Waals surface area contributed by atoms with Gasteiger partial charge in [-0.25, -0.2) is 9.38 Å². The zero-order chi connectivity index (χ0) is 20.5. The zero-order valence-electron chi connectivity index (χ0n) is 14.8. The second-order valence-corrected chi connectivity index (χ2v) is 9.05. The van der Waals surface area contributed by atoms with Gasteiger partial charge in [0.25, 0.3) is 5.56 Å². The largest absolute Gasteiger partial charge is 0.378 e. The maximum absolute atomic E-state index is 13.1. The van der Waals surface area contributed by atoms with E-state index in [1.165, 1.54) is 11.4 Å². The van der Waals surface area contributed by atoms with Crippen LogP contribution in [0.4, 0.5) is 0 Å². The van der Waals surface area contributed by atoms with E-state index in [1.54, 1.807) is 26.0 Å². The first kappa shape index (κ1) is 21.0. The van der Waals surface area contributed by atoms with Crippen LogP contribution in [0.2, 0.25) is 10.0 Å². The highest BCUT2D eigenvalue weighted by molar-refractivity contribution is 7.62. The molecule has 0 spiro atoms. The van der Waals surface area contributed by atoms with E-state index in [2.05, 4.69) is 4.98 Å². The van der Waals surface area contributed by atoms with Gasteiger partial charge in [0.2, 0.25) is 0 Å². The molecule has 0 atom stereocenters. The molecule has 0 saturated carbocycles. The van der Waals surface area contributed by atoms with Gasteiger partial charge in [-0.3, -0.25) is 9.36 Å². The molecule has 0 aliphatic rings. The number of aromatic nitrogens is 2. The van der Waals surface area contributed by atoms with Crippen LogP contribution in [-0.2, 0) is 13.6 Å². The van der Waals surface area contributed by atoms with Crippen molar-refractivity contribution in [1.29, 1.82) is 5.26 Å². The molecule has 0 aliphatic carbocycles. The molecule has 146 valence electrons. The van der Waals surface area contributed by atoms with Crippen molar-refractivity contribution in [2.75, 3.05) is 13.2 Å². The molecular weight excluding hydrogens is 444 g/mol. The fourth-order valence-corrected chi connectivity index (χ4v) is 5.83. The molecular formula is C17H14Cl2N3O4PS. The lowest BCUT2D eigenvalue weighted by molar-refractivity contribution is 0.229. The summed E-state index contributed by atoms with van der Waals surface area (Å²) < 4.78 is 24.9. The normalized spacial score (nSPS) is 11.7. The van der Waals surface area contributed by atoms with Crippen LogP contribution in [0.15, 0.2) is 28.4 Å². The molecule has 0 unspecified atom stereocenters. The standard InChI is InChI=1S/C17H14Cl2N3O4PS/c1-3-25-27(24,26-4-2)14-9-28-17-21-15(11(8-20)16(23)22(14)17)10-5-6-12(18)13(19)7-10/h5-7,9H,3-4H2,1-2H3. The molecule has 1 aromatic carbocycles. The quantitative estimate of drug-likeness (QED) is 0.506. The maximum Gasteiger partial charge on any atom is 0.378 e. The molecule has 7 nitrogen and oxygen atoms in total. The van der Waals surface area contributed by atoms with Gasteiger partial charge in [-0.15, -0.1) is 11.3 Å². The molecule has 0 fully saturated rings. The van der Waals surface area contributed by atoms with E-state index < -0.39 is 13.2 Å². The Bertz CT molecular complexity index is 1190. The lowest BCUT2D eigenvalue weighted by Gasteiger charge is -2.16. The molecule has 0 N–H and O–H groups in total. The number of hydrogen-bond acceptors (Lipinski definition) is 7. The van der Waals surface area contributed by atoms with Gasteiger partial charge >= 0.3 is 7.60 Å². The number of halogens is 2. The van der Waals surface area contributed by atoms with E-state index in [-0.39, 0.29) is 39.9 Å². The van der Waals surface area contributed by atoms with E-state index >= 15 is 0 Å².